The third-order valence-corrected chi connectivity index (χ3v) is 7.44. The number of amides is 1. The molecule has 1 amide bonds. The molecule has 3 rings (SSSR count). The summed E-state index contributed by atoms with van der Waals surface area (Å²) in [5, 5.41) is 3.21. The van der Waals surface area contributed by atoms with Gasteiger partial charge in [-0.15, -0.1) is 11.3 Å². The number of nitrogens with one attached hydrogen (secondary N) is 1. The number of hydrogen-bond acceptors (Lipinski definition) is 5. The number of nitrogens with zero attached hydrogens (tertiary/aromatic N) is 1. The van der Waals surface area contributed by atoms with Gasteiger partial charge < -0.3 is 10.1 Å². The van der Waals surface area contributed by atoms with Crippen LogP contribution < -0.4 is 5.32 Å². The largest absolute Gasteiger partial charge is 0.380 e. The molecule has 0 aliphatic heterocycles. The molecule has 1 heterocycles. The molecular formula is C20H21FN2O4S2. The van der Waals surface area contributed by atoms with E-state index in [1.54, 1.807) is 24.3 Å². The van der Waals surface area contributed by atoms with Crippen LogP contribution in [-0.2, 0) is 27.9 Å². The molecule has 0 atom stereocenters. The molecule has 0 aliphatic carbocycles. The molecule has 29 heavy (non-hydrogen) atoms. The molecule has 9 heteroatoms. The van der Waals surface area contributed by atoms with Gasteiger partial charge in [-0.3, -0.25) is 4.79 Å². The fourth-order valence-electron chi connectivity index (χ4n) is 2.89. The number of carbonyl (C=O) groups is 1. The average Bonchev–Trinajstić information content (AvgIpc) is 3.06. The Hall–Kier alpha value is -2.33. The van der Waals surface area contributed by atoms with Crippen LogP contribution in [0.25, 0.3) is 10.1 Å². The van der Waals surface area contributed by atoms with Crippen LogP contribution in [0.2, 0.25) is 0 Å². The van der Waals surface area contributed by atoms with E-state index in [4.69, 9.17) is 4.74 Å². The summed E-state index contributed by atoms with van der Waals surface area (Å²) in [5.41, 5.74) is 1.27. The summed E-state index contributed by atoms with van der Waals surface area (Å²) in [6.45, 7) is 0.338. The summed E-state index contributed by atoms with van der Waals surface area (Å²) in [6, 6.07) is 11.0. The monoisotopic (exact) mass is 436 g/mol. The summed E-state index contributed by atoms with van der Waals surface area (Å²) >= 11 is 1.21. The molecule has 0 fully saturated rings. The van der Waals surface area contributed by atoms with Gasteiger partial charge in [0.05, 0.1) is 16.4 Å². The van der Waals surface area contributed by atoms with Gasteiger partial charge in [-0.25, -0.2) is 17.1 Å². The first kappa shape index (κ1) is 21.4. The summed E-state index contributed by atoms with van der Waals surface area (Å²) < 4.78 is 45.5. The number of ether oxygens (including phenoxy) is 1. The summed E-state index contributed by atoms with van der Waals surface area (Å²) in [4.78, 5) is 13.3. The predicted octanol–water partition coefficient (Wildman–Crippen LogP) is 3.37. The summed E-state index contributed by atoms with van der Waals surface area (Å²) in [6.07, 6.45) is 0. The van der Waals surface area contributed by atoms with Gasteiger partial charge in [0.1, 0.15) is 5.82 Å². The smallest absolute Gasteiger partial charge is 0.262 e. The molecule has 0 radical (unpaired) electrons. The van der Waals surface area contributed by atoms with Crippen molar-refractivity contribution >= 4 is 37.4 Å². The Kier molecular flexibility index (Phi) is 6.33. The topological polar surface area (TPSA) is 75.7 Å². The lowest BCUT2D eigenvalue weighted by Crippen LogP contribution is -2.23. The number of rotatable bonds is 7. The van der Waals surface area contributed by atoms with Crippen molar-refractivity contribution in [3.63, 3.8) is 0 Å². The normalized spacial score (nSPS) is 11.9. The molecule has 1 aromatic heterocycles. The van der Waals surface area contributed by atoms with Gasteiger partial charge in [-0.1, -0.05) is 18.2 Å². The maximum Gasteiger partial charge on any atom is 0.262 e. The zero-order valence-corrected chi connectivity index (χ0v) is 17.9. The molecule has 6 nitrogen and oxygen atoms in total. The molecule has 0 unspecified atom stereocenters. The van der Waals surface area contributed by atoms with Crippen molar-refractivity contribution in [3.8, 4) is 0 Å². The van der Waals surface area contributed by atoms with Crippen LogP contribution in [0.1, 0.15) is 20.8 Å². The number of benzene rings is 2. The maximum atomic E-state index is 14.3. The molecular weight excluding hydrogens is 415 g/mol. The second kappa shape index (κ2) is 8.58. The molecule has 0 aliphatic rings. The molecule has 0 saturated carbocycles. The Bertz CT molecular complexity index is 1140. The van der Waals surface area contributed by atoms with Crippen LogP contribution in [-0.4, -0.2) is 39.8 Å². The second-order valence-electron chi connectivity index (χ2n) is 6.57. The van der Waals surface area contributed by atoms with E-state index >= 15 is 0 Å². The van der Waals surface area contributed by atoms with Gasteiger partial charge in [0.15, 0.2) is 0 Å². The molecule has 0 saturated heterocycles. The number of sulfonamides is 1. The quantitative estimate of drug-likeness (QED) is 0.616. The number of thiophene rings is 1. The van der Waals surface area contributed by atoms with Crippen molar-refractivity contribution in [2.45, 2.75) is 18.0 Å². The minimum absolute atomic E-state index is 0.126. The average molecular weight is 437 g/mol. The third kappa shape index (κ3) is 4.32. The molecule has 0 spiro atoms. The maximum absolute atomic E-state index is 14.3. The zero-order chi connectivity index (χ0) is 21.2. The molecule has 2 aromatic carbocycles. The van der Waals surface area contributed by atoms with Gasteiger partial charge >= 0.3 is 0 Å². The SMILES string of the molecule is COCc1c(C(=O)NCc2ccc(S(=O)(=O)N(C)C)cc2)sc2cccc(F)c12. The minimum Gasteiger partial charge on any atom is -0.380 e. The van der Waals surface area contributed by atoms with E-state index in [9.17, 15) is 17.6 Å². The van der Waals surface area contributed by atoms with Crippen molar-refractivity contribution < 1.29 is 22.3 Å². The van der Waals surface area contributed by atoms with Gasteiger partial charge in [-0.05, 0) is 29.8 Å². The Morgan fingerprint density at radius 2 is 1.86 bits per heavy atom. The van der Waals surface area contributed by atoms with Crippen LogP contribution in [0.15, 0.2) is 47.4 Å². The fraction of sp³-hybridized carbons (Fsp3) is 0.250. The van der Waals surface area contributed by atoms with Crippen molar-refractivity contribution in [3.05, 3.63) is 64.3 Å². The van der Waals surface area contributed by atoms with E-state index < -0.39 is 10.0 Å². The van der Waals surface area contributed by atoms with Gasteiger partial charge in [0.25, 0.3) is 5.91 Å². The van der Waals surface area contributed by atoms with Crippen LogP contribution in [0.3, 0.4) is 0 Å². The Morgan fingerprint density at radius 1 is 1.17 bits per heavy atom. The van der Waals surface area contributed by atoms with E-state index in [1.807, 2.05) is 0 Å². The highest BCUT2D eigenvalue weighted by Crippen LogP contribution is 2.33. The predicted molar refractivity (Wildman–Crippen MR) is 111 cm³/mol. The van der Waals surface area contributed by atoms with Gasteiger partial charge in [-0.2, -0.15) is 0 Å². The lowest BCUT2D eigenvalue weighted by molar-refractivity contribution is 0.0950. The van der Waals surface area contributed by atoms with Crippen molar-refractivity contribution in [1.82, 2.24) is 9.62 Å². The molecule has 0 bridgehead atoms. The number of fused-ring (bicyclic) bond motifs is 1. The molecule has 1 N–H and O–H groups in total. The van der Waals surface area contributed by atoms with Crippen LogP contribution in [0.5, 0.6) is 0 Å². The standard InChI is InChI=1S/C20H21FN2O4S2/c1-23(2)29(25,26)14-9-7-13(8-10-14)11-22-20(24)19-15(12-27-3)18-16(21)5-4-6-17(18)28-19/h4-10H,11-12H2,1-3H3,(H,22,24). The lowest BCUT2D eigenvalue weighted by Gasteiger charge is -2.12. The summed E-state index contributed by atoms with van der Waals surface area (Å²) in [5.74, 6) is -0.717. The van der Waals surface area contributed by atoms with E-state index in [0.717, 1.165) is 9.87 Å². The highest BCUT2D eigenvalue weighted by molar-refractivity contribution is 7.89. The van der Waals surface area contributed by atoms with E-state index in [0.29, 0.717) is 20.5 Å². The Morgan fingerprint density at radius 3 is 2.48 bits per heavy atom. The minimum atomic E-state index is -3.50. The highest BCUT2D eigenvalue weighted by Gasteiger charge is 2.21. The van der Waals surface area contributed by atoms with Crippen LogP contribution in [0.4, 0.5) is 4.39 Å². The highest BCUT2D eigenvalue weighted by atomic mass is 32.2. The van der Waals surface area contributed by atoms with Crippen LogP contribution in [0, 0.1) is 5.82 Å². The molecule has 154 valence electrons. The Balaban J connectivity index is 1.79. The number of carbonyl (C=O) groups excluding carboxylic acids is 1. The lowest BCUT2D eigenvalue weighted by atomic mass is 10.1. The van der Waals surface area contributed by atoms with Crippen LogP contribution >= 0.6 is 11.3 Å². The summed E-state index contributed by atoms with van der Waals surface area (Å²) in [7, 11) is 0.929. The van der Waals surface area contributed by atoms with Gasteiger partial charge in [0.2, 0.25) is 10.0 Å². The van der Waals surface area contributed by atoms with Crippen molar-refractivity contribution in [2.75, 3.05) is 21.2 Å². The van der Waals surface area contributed by atoms with E-state index in [1.165, 1.54) is 50.7 Å². The van der Waals surface area contributed by atoms with Gasteiger partial charge in [0, 0.05) is 43.4 Å². The fourth-order valence-corrected chi connectivity index (χ4v) is 4.93. The number of hydrogen-bond donors (Lipinski definition) is 1. The first-order valence-corrected chi connectivity index (χ1v) is 11.0. The Labute approximate surface area is 173 Å². The third-order valence-electron chi connectivity index (χ3n) is 4.41. The second-order valence-corrected chi connectivity index (χ2v) is 9.77. The van der Waals surface area contributed by atoms with E-state index in [-0.39, 0.29) is 29.8 Å². The van der Waals surface area contributed by atoms with Crippen molar-refractivity contribution in [1.29, 1.82) is 0 Å². The zero-order valence-electron chi connectivity index (χ0n) is 16.2. The number of methoxy groups -OCH3 is 1. The first-order valence-electron chi connectivity index (χ1n) is 8.74. The number of halogens is 1. The first-order chi connectivity index (χ1) is 13.8. The van der Waals surface area contributed by atoms with Crippen molar-refractivity contribution in [2.24, 2.45) is 0 Å². The molecule has 3 aromatic rings. The van der Waals surface area contributed by atoms with E-state index in [2.05, 4.69) is 5.32 Å².